The number of rotatable bonds is 4. The lowest BCUT2D eigenvalue weighted by Crippen LogP contribution is -2.56. The summed E-state index contributed by atoms with van der Waals surface area (Å²) in [6.45, 7) is 0.345. The van der Waals surface area contributed by atoms with Crippen molar-refractivity contribution in [2.24, 2.45) is 0 Å². The average molecular weight is 383 g/mol. The third kappa shape index (κ3) is 3.12. The van der Waals surface area contributed by atoms with E-state index >= 15 is 0 Å². The van der Waals surface area contributed by atoms with Crippen LogP contribution >= 0.6 is 0 Å². The highest BCUT2D eigenvalue weighted by atomic mass is 32.2. The van der Waals surface area contributed by atoms with Gasteiger partial charge in [-0.25, -0.2) is 8.42 Å². The molecule has 3 aromatic rings. The van der Waals surface area contributed by atoms with E-state index in [1.54, 1.807) is 42.7 Å². The minimum Gasteiger partial charge on any atom is -0.497 e. The van der Waals surface area contributed by atoms with Crippen molar-refractivity contribution in [3.8, 4) is 5.75 Å². The van der Waals surface area contributed by atoms with Crippen molar-refractivity contribution in [1.29, 1.82) is 0 Å². The summed E-state index contributed by atoms with van der Waals surface area (Å²) >= 11 is 0. The first-order chi connectivity index (χ1) is 13.0. The maximum absolute atomic E-state index is 12.7. The molecule has 0 atom stereocenters. The smallest absolute Gasteiger partial charge is 0.254 e. The van der Waals surface area contributed by atoms with Crippen LogP contribution in [0.25, 0.3) is 11.0 Å². The molecule has 1 amide bonds. The predicted octanol–water partition coefficient (Wildman–Crippen LogP) is 1.94. The maximum Gasteiger partial charge on any atom is 0.254 e. The molecule has 27 heavy (non-hydrogen) atoms. The van der Waals surface area contributed by atoms with E-state index in [0.29, 0.717) is 22.3 Å². The summed E-state index contributed by atoms with van der Waals surface area (Å²) in [6.07, 6.45) is 3.16. The SMILES string of the molecule is COc1ccc(S(=O)(=O)C2CN(C(=O)c3ccc4nccnc4c3)C2)cc1. The van der Waals surface area contributed by atoms with E-state index in [1.165, 1.54) is 24.1 Å². The van der Waals surface area contributed by atoms with Crippen molar-refractivity contribution >= 4 is 26.8 Å². The highest BCUT2D eigenvalue weighted by Crippen LogP contribution is 2.26. The molecular weight excluding hydrogens is 366 g/mol. The van der Waals surface area contributed by atoms with Crippen molar-refractivity contribution in [3.63, 3.8) is 0 Å². The van der Waals surface area contributed by atoms with Crippen molar-refractivity contribution in [1.82, 2.24) is 14.9 Å². The van der Waals surface area contributed by atoms with Gasteiger partial charge in [-0.15, -0.1) is 0 Å². The molecule has 7 nitrogen and oxygen atoms in total. The normalized spacial score (nSPS) is 14.8. The second kappa shape index (κ2) is 6.62. The number of methoxy groups -OCH3 is 1. The Balaban J connectivity index is 1.48. The van der Waals surface area contributed by atoms with Crippen LogP contribution in [0.1, 0.15) is 10.4 Å². The summed E-state index contributed by atoms with van der Waals surface area (Å²) in [5.74, 6) is 0.391. The Labute approximate surface area is 156 Å². The van der Waals surface area contributed by atoms with Gasteiger partial charge in [0, 0.05) is 31.0 Å². The number of benzene rings is 2. The van der Waals surface area contributed by atoms with Gasteiger partial charge in [-0.3, -0.25) is 14.8 Å². The zero-order valence-electron chi connectivity index (χ0n) is 14.6. The van der Waals surface area contributed by atoms with Crippen LogP contribution in [0.5, 0.6) is 5.75 Å². The zero-order valence-corrected chi connectivity index (χ0v) is 15.4. The monoisotopic (exact) mass is 383 g/mol. The number of carbonyl (C=O) groups is 1. The molecule has 8 heteroatoms. The molecule has 138 valence electrons. The molecule has 0 unspecified atom stereocenters. The van der Waals surface area contributed by atoms with E-state index in [1.807, 2.05) is 0 Å². The molecule has 0 bridgehead atoms. The van der Waals surface area contributed by atoms with Gasteiger partial charge in [0.2, 0.25) is 0 Å². The van der Waals surface area contributed by atoms with Crippen LogP contribution in [0.3, 0.4) is 0 Å². The molecule has 0 saturated carbocycles. The molecular formula is C19H17N3O4S. The average Bonchev–Trinajstić information content (AvgIpc) is 2.66. The quantitative estimate of drug-likeness (QED) is 0.684. The van der Waals surface area contributed by atoms with Crippen LogP contribution in [0.2, 0.25) is 0 Å². The van der Waals surface area contributed by atoms with E-state index in [0.717, 1.165) is 0 Å². The Morgan fingerprint density at radius 1 is 1.04 bits per heavy atom. The van der Waals surface area contributed by atoms with Crippen molar-refractivity contribution in [2.45, 2.75) is 10.1 Å². The number of hydrogen-bond donors (Lipinski definition) is 0. The Hall–Kier alpha value is -3.00. The van der Waals surface area contributed by atoms with Crippen molar-refractivity contribution < 1.29 is 17.9 Å². The summed E-state index contributed by atoms with van der Waals surface area (Å²) in [5.41, 5.74) is 1.81. The topological polar surface area (TPSA) is 89.5 Å². The molecule has 1 aliphatic rings. The number of aromatic nitrogens is 2. The fraction of sp³-hybridized carbons (Fsp3) is 0.211. The first-order valence-electron chi connectivity index (χ1n) is 8.37. The van der Waals surface area contributed by atoms with Gasteiger partial charge in [-0.1, -0.05) is 0 Å². The Kier molecular flexibility index (Phi) is 4.27. The highest BCUT2D eigenvalue weighted by Gasteiger charge is 2.40. The summed E-state index contributed by atoms with van der Waals surface area (Å²) in [4.78, 5) is 22.8. The lowest BCUT2D eigenvalue weighted by molar-refractivity contribution is 0.0659. The second-order valence-electron chi connectivity index (χ2n) is 6.31. The number of ether oxygens (including phenoxy) is 1. The van der Waals surface area contributed by atoms with Crippen LogP contribution < -0.4 is 4.74 Å². The van der Waals surface area contributed by atoms with Crippen LogP contribution in [-0.2, 0) is 9.84 Å². The van der Waals surface area contributed by atoms with E-state index in [-0.39, 0.29) is 23.9 Å². The van der Waals surface area contributed by atoms with E-state index < -0.39 is 15.1 Å². The Morgan fingerprint density at radius 2 is 1.70 bits per heavy atom. The van der Waals surface area contributed by atoms with Crippen molar-refractivity contribution in [2.75, 3.05) is 20.2 Å². The van der Waals surface area contributed by atoms with Crippen molar-refractivity contribution in [3.05, 3.63) is 60.4 Å². The van der Waals surface area contributed by atoms with Gasteiger partial charge in [0.25, 0.3) is 5.91 Å². The molecule has 0 radical (unpaired) electrons. The molecule has 1 aliphatic heterocycles. The fourth-order valence-corrected chi connectivity index (χ4v) is 4.69. The fourth-order valence-electron chi connectivity index (χ4n) is 3.04. The molecule has 1 fully saturated rings. The third-order valence-electron chi connectivity index (χ3n) is 4.68. The summed E-state index contributed by atoms with van der Waals surface area (Å²) in [6, 6.07) is 11.4. The summed E-state index contributed by atoms with van der Waals surface area (Å²) in [5, 5.41) is -0.602. The van der Waals surface area contributed by atoms with E-state index in [9.17, 15) is 13.2 Å². The van der Waals surface area contributed by atoms with Gasteiger partial charge in [0.1, 0.15) is 11.0 Å². The van der Waals surface area contributed by atoms with Crippen LogP contribution in [0, 0.1) is 0 Å². The number of fused-ring (bicyclic) bond motifs is 1. The molecule has 0 spiro atoms. The van der Waals surface area contributed by atoms with Gasteiger partial charge in [0.05, 0.1) is 23.0 Å². The minimum atomic E-state index is -3.48. The largest absolute Gasteiger partial charge is 0.497 e. The number of amides is 1. The minimum absolute atomic E-state index is 0.172. The lowest BCUT2D eigenvalue weighted by atomic mass is 10.1. The van der Waals surface area contributed by atoms with Crippen LogP contribution in [0.15, 0.2) is 59.8 Å². The molecule has 0 aliphatic carbocycles. The Bertz CT molecular complexity index is 1110. The molecule has 0 N–H and O–H groups in total. The molecule has 2 heterocycles. The van der Waals surface area contributed by atoms with Gasteiger partial charge < -0.3 is 9.64 Å². The highest BCUT2D eigenvalue weighted by molar-refractivity contribution is 7.92. The lowest BCUT2D eigenvalue weighted by Gasteiger charge is -2.38. The first kappa shape index (κ1) is 17.4. The molecule has 2 aromatic carbocycles. The number of nitrogens with zero attached hydrogens (tertiary/aromatic N) is 3. The van der Waals surface area contributed by atoms with Gasteiger partial charge in [-0.2, -0.15) is 0 Å². The Morgan fingerprint density at radius 3 is 2.37 bits per heavy atom. The van der Waals surface area contributed by atoms with Gasteiger partial charge >= 0.3 is 0 Å². The van der Waals surface area contributed by atoms with E-state index in [4.69, 9.17) is 4.74 Å². The van der Waals surface area contributed by atoms with E-state index in [2.05, 4.69) is 9.97 Å². The number of sulfone groups is 1. The zero-order chi connectivity index (χ0) is 19.0. The molecule has 4 rings (SSSR count). The maximum atomic E-state index is 12.7. The number of likely N-dealkylation sites (tertiary alicyclic amines) is 1. The number of hydrogen-bond acceptors (Lipinski definition) is 6. The second-order valence-corrected chi connectivity index (χ2v) is 8.54. The summed E-state index contributed by atoms with van der Waals surface area (Å²) < 4.78 is 30.4. The van der Waals surface area contributed by atoms with Crippen LogP contribution in [-0.4, -0.2) is 54.6 Å². The molecule has 1 saturated heterocycles. The van der Waals surface area contributed by atoms with Gasteiger partial charge in [0.15, 0.2) is 9.84 Å². The standard InChI is InChI=1S/C19H17N3O4S/c1-26-14-3-5-15(6-4-14)27(24,25)16-11-22(12-16)19(23)13-2-7-17-18(10-13)21-9-8-20-17/h2-10,16H,11-12H2,1H3. The first-order valence-corrected chi connectivity index (χ1v) is 9.91. The predicted molar refractivity (Wildman–Crippen MR) is 99.4 cm³/mol. The summed E-state index contributed by atoms with van der Waals surface area (Å²) in [7, 11) is -1.96. The van der Waals surface area contributed by atoms with Crippen LogP contribution in [0.4, 0.5) is 0 Å². The third-order valence-corrected chi connectivity index (χ3v) is 6.78. The van der Waals surface area contributed by atoms with Gasteiger partial charge in [-0.05, 0) is 42.5 Å². The number of carbonyl (C=O) groups excluding carboxylic acids is 1. The molecule has 1 aromatic heterocycles.